The highest BCUT2D eigenvalue weighted by Gasteiger charge is 2.39. The highest BCUT2D eigenvalue weighted by molar-refractivity contribution is 5.90. The van der Waals surface area contributed by atoms with Crippen LogP contribution < -0.4 is 10.6 Å². The van der Waals surface area contributed by atoms with E-state index in [9.17, 15) is 19.5 Å². The zero-order valence-corrected chi connectivity index (χ0v) is 12.5. The zero-order valence-electron chi connectivity index (χ0n) is 12.5. The molecule has 3 amide bonds. The largest absolute Gasteiger partial charge is 0.480 e. The van der Waals surface area contributed by atoms with Crippen molar-refractivity contribution in [1.29, 1.82) is 0 Å². The molecule has 2 fully saturated rings. The van der Waals surface area contributed by atoms with E-state index in [0.717, 1.165) is 30.6 Å². The summed E-state index contributed by atoms with van der Waals surface area (Å²) in [6.07, 6.45) is 4.11. The van der Waals surface area contributed by atoms with Crippen molar-refractivity contribution in [2.24, 2.45) is 5.41 Å². The zero-order chi connectivity index (χ0) is 15.6. The fourth-order valence-electron chi connectivity index (χ4n) is 3.07. The summed E-state index contributed by atoms with van der Waals surface area (Å²) in [7, 11) is 0. The number of carboxylic acid groups (broad SMARTS) is 1. The molecule has 7 heteroatoms. The summed E-state index contributed by atoms with van der Waals surface area (Å²) in [5.41, 5.74) is -0.00925. The van der Waals surface area contributed by atoms with Gasteiger partial charge in [0.15, 0.2) is 0 Å². The number of carboxylic acids is 1. The number of aliphatic carboxylic acids is 1. The van der Waals surface area contributed by atoms with E-state index < -0.39 is 18.0 Å². The van der Waals surface area contributed by atoms with Crippen LogP contribution in [0.1, 0.15) is 39.5 Å². The Kier molecular flexibility index (Phi) is 4.39. The fourth-order valence-corrected chi connectivity index (χ4v) is 3.07. The number of amides is 3. The van der Waals surface area contributed by atoms with Gasteiger partial charge in [-0.2, -0.15) is 0 Å². The van der Waals surface area contributed by atoms with Gasteiger partial charge in [0.1, 0.15) is 12.6 Å². The molecular weight excluding hydrogens is 274 g/mol. The van der Waals surface area contributed by atoms with Crippen LogP contribution in [-0.2, 0) is 9.59 Å². The molecule has 2 aliphatic rings. The number of hydrogen-bond acceptors (Lipinski definition) is 3. The van der Waals surface area contributed by atoms with Crippen LogP contribution in [0.25, 0.3) is 0 Å². The lowest BCUT2D eigenvalue weighted by molar-refractivity contribution is -0.144. The Bertz CT molecular complexity index is 450. The Morgan fingerprint density at radius 3 is 2.71 bits per heavy atom. The molecule has 21 heavy (non-hydrogen) atoms. The number of carbonyl (C=O) groups excluding carboxylic acids is 2. The molecule has 1 saturated heterocycles. The molecule has 0 aromatic rings. The number of rotatable bonds is 2. The van der Waals surface area contributed by atoms with Crippen LogP contribution in [0.5, 0.6) is 0 Å². The quantitative estimate of drug-likeness (QED) is 0.693. The first-order valence-electron chi connectivity index (χ1n) is 7.38. The Morgan fingerprint density at radius 1 is 1.38 bits per heavy atom. The van der Waals surface area contributed by atoms with Crippen molar-refractivity contribution >= 4 is 17.9 Å². The van der Waals surface area contributed by atoms with Gasteiger partial charge in [-0.3, -0.25) is 9.69 Å². The highest BCUT2D eigenvalue weighted by atomic mass is 16.4. The van der Waals surface area contributed by atoms with E-state index in [2.05, 4.69) is 24.5 Å². The lowest BCUT2D eigenvalue weighted by atomic mass is 9.73. The van der Waals surface area contributed by atoms with E-state index >= 15 is 0 Å². The summed E-state index contributed by atoms with van der Waals surface area (Å²) in [5, 5.41) is 14.6. The van der Waals surface area contributed by atoms with Gasteiger partial charge in [-0.15, -0.1) is 0 Å². The molecule has 0 aromatic heterocycles. The van der Waals surface area contributed by atoms with Gasteiger partial charge in [-0.05, 0) is 18.3 Å². The highest BCUT2D eigenvalue weighted by Crippen LogP contribution is 2.35. The summed E-state index contributed by atoms with van der Waals surface area (Å²) in [4.78, 5) is 36.2. The van der Waals surface area contributed by atoms with Crippen molar-refractivity contribution < 1.29 is 19.5 Å². The third-order valence-electron chi connectivity index (χ3n) is 4.53. The maximum Gasteiger partial charge on any atom is 0.328 e. The first kappa shape index (κ1) is 15.6. The number of nitrogens with one attached hydrogen (secondary N) is 2. The maximum atomic E-state index is 12.4. The Hall–Kier alpha value is -1.79. The van der Waals surface area contributed by atoms with Gasteiger partial charge in [-0.25, -0.2) is 9.59 Å². The van der Waals surface area contributed by atoms with Crippen LogP contribution in [0.4, 0.5) is 4.79 Å². The third kappa shape index (κ3) is 3.46. The molecule has 1 heterocycles. The molecular formula is C14H23N3O4. The van der Waals surface area contributed by atoms with Gasteiger partial charge in [0.05, 0.1) is 0 Å². The molecule has 2 unspecified atom stereocenters. The van der Waals surface area contributed by atoms with Gasteiger partial charge >= 0.3 is 12.0 Å². The Balaban J connectivity index is 2.06. The smallest absolute Gasteiger partial charge is 0.328 e. The van der Waals surface area contributed by atoms with Crippen LogP contribution in [0.2, 0.25) is 0 Å². The number of piperazine rings is 1. The molecule has 1 aliphatic heterocycles. The molecule has 0 bridgehead atoms. The molecule has 3 N–H and O–H groups in total. The molecule has 2 atom stereocenters. The van der Waals surface area contributed by atoms with Crippen molar-refractivity contribution in [3.63, 3.8) is 0 Å². The van der Waals surface area contributed by atoms with Crippen molar-refractivity contribution in [2.75, 3.05) is 13.1 Å². The minimum absolute atomic E-state index is 0.00925. The minimum atomic E-state index is -1.10. The van der Waals surface area contributed by atoms with Crippen molar-refractivity contribution in [2.45, 2.75) is 51.6 Å². The standard InChI is InChI=1S/C14H23N3O4/c1-14(2)6-4-3-5-10(14)16-13(21)17-8-11(18)15-7-9(17)12(19)20/h9-10H,3-8H2,1-2H3,(H,15,18)(H,16,21)(H,19,20). The van der Waals surface area contributed by atoms with Gasteiger partial charge in [0.2, 0.25) is 5.91 Å². The second-order valence-corrected chi connectivity index (χ2v) is 6.52. The Labute approximate surface area is 124 Å². The van der Waals surface area contributed by atoms with Crippen molar-refractivity contribution in [3.05, 3.63) is 0 Å². The van der Waals surface area contributed by atoms with E-state index in [1.807, 2.05) is 0 Å². The summed E-state index contributed by atoms with van der Waals surface area (Å²) in [5.74, 6) is -1.43. The van der Waals surface area contributed by atoms with E-state index in [4.69, 9.17) is 0 Å². The van der Waals surface area contributed by atoms with Crippen LogP contribution in [-0.4, -0.2) is 53.1 Å². The van der Waals surface area contributed by atoms with E-state index in [1.165, 1.54) is 0 Å². The number of carbonyl (C=O) groups is 3. The lowest BCUT2D eigenvalue weighted by Crippen LogP contribution is -2.63. The van der Waals surface area contributed by atoms with E-state index in [0.29, 0.717) is 0 Å². The van der Waals surface area contributed by atoms with Crippen molar-refractivity contribution in [3.8, 4) is 0 Å². The maximum absolute atomic E-state index is 12.4. The lowest BCUT2D eigenvalue weighted by Gasteiger charge is -2.41. The van der Waals surface area contributed by atoms with E-state index in [-0.39, 0.29) is 30.5 Å². The predicted octanol–water partition coefficient (Wildman–Crippen LogP) is 0.550. The average Bonchev–Trinajstić information content (AvgIpc) is 2.40. The molecule has 0 spiro atoms. The number of hydrogen-bond donors (Lipinski definition) is 3. The predicted molar refractivity (Wildman–Crippen MR) is 75.7 cm³/mol. The molecule has 2 rings (SSSR count). The molecule has 1 saturated carbocycles. The van der Waals surface area contributed by atoms with Gasteiger partial charge < -0.3 is 15.7 Å². The number of urea groups is 1. The van der Waals surface area contributed by atoms with Crippen LogP contribution in [0, 0.1) is 5.41 Å². The topological polar surface area (TPSA) is 98.7 Å². The monoisotopic (exact) mass is 297 g/mol. The molecule has 7 nitrogen and oxygen atoms in total. The van der Waals surface area contributed by atoms with Gasteiger partial charge in [0.25, 0.3) is 0 Å². The second kappa shape index (κ2) is 5.91. The normalized spacial score (nSPS) is 28.7. The molecule has 0 radical (unpaired) electrons. The third-order valence-corrected chi connectivity index (χ3v) is 4.53. The average molecular weight is 297 g/mol. The van der Waals surface area contributed by atoms with Crippen molar-refractivity contribution in [1.82, 2.24) is 15.5 Å². The summed E-state index contributed by atoms with van der Waals surface area (Å²) in [6.45, 7) is 3.95. The second-order valence-electron chi connectivity index (χ2n) is 6.52. The molecule has 0 aromatic carbocycles. The Morgan fingerprint density at radius 2 is 2.10 bits per heavy atom. The first-order valence-corrected chi connectivity index (χ1v) is 7.38. The van der Waals surface area contributed by atoms with E-state index in [1.54, 1.807) is 0 Å². The fraction of sp³-hybridized carbons (Fsp3) is 0.786. The van der Waals surface area contributed by atoms with Crippen LogP contribution in [0.15, 0.2) is 0 Å². The van der Waals surface area contributed by atoms with Gasteiger partial charge in [0, 0.05) is 12.6 Å². The number of nitrogens with zero attached hydrogens (tertiary/aromatic N) is 1. The SMILES string of the molecule is CC1(C)CCCCC1NC(=O)N1CC(=O)NCC1C(=O)O. The minimum Gasteiger partial charge on any atom is -0.480 e. The summed E-state index contributed by atoms with van der Waals surface area (Å²) < 4.78 is 0. The first-order chi connectivity index (χ1) is 9.81. The summed E-state index contributed by atoms with van der Waals surface area (Å²) in [6, 6.07) is -1.45. The molecule has 118 valence electrons. The molecule has 1 aliphatic carbocycles. The van der Waals surface area contributed by atoms with Crippen LogP contribution in [0.3, 0.4) is 0 Å². The summed E-state index contributed by atoms with van der Waals surface area (Å²) >= 11 is 0. The van der Waals surface area contributed by atoms with Crippen LogP contribution >= 0.6 is 0 Å². The van der Waals surface area contributed by atoms with Gasteiger partial charge in [-0.1, -0.05) is 26.7 Å².